The van der Waals surface area contributed by atoms with Crippen molar-refractivity contribution in [3.63, 3.8) is 0 Å². The van der Waals surface area contributed by atoms with Crippen LogP contribution in [0.3, 0.4) is 0 Å². The van der Waals surface area contributed by atoms with Gasteiger partial charge in [0.25, 0.3) is 0 Å². The van der Waals surface area contributed by atoms with E-state index in [4.69, 9.17) is 15.2 Å². The summed E-state index contributed by atoms with van der Waals surface area (Å²) in [5.74, 6) is 0.922. The molecule has 1 heterocycles. The lowest BCUT2D eigenvalue weighted by atomic mass is 9.92. The van der Waals surface area contributed by atoms with Crippen LogP contribution in [-0.4, -0.2) is 38.4 Å². The maximum atomic E-state index is 5.99. The fraction of sp³-hybridized carbons (Fsp3) is 0.625. The zero-order valence-corrected chi connectivity index (χ0v) is 12.5. The van der Waals surface area contributed by atoms with Gasteiger partial charge in [-0.1, -0.05) is 18.2 Å². The highest BCUT2D eigenvalue weighted by Gasteiger charge is 2.26. The Labute approximate surface area is 121 Å². The zero-order valence-electron chi connectivity index (χ0n) is 12.5. The summed E-state index contributed by atoms with van der Waals surface area (Å²) in [5.41, 5.74) is 7.03. The molecule has 2 atom stereocenters. The number of ether oxygens (including phenoxy) is 2. The minimum absolute atomic E-state index is 0.138. The van der Waals surface area contributed by atoms with Crippen LogP contribution < -0.4 is 15.8 Å². The second-order valence-corrected chi connectivity index (χ2v) is 5.77. The quantitative estimate of drug-likeness (QED) is 0.797. The number of hydrogen-bond donors (Lipinski definition) is 2. The summed E-state index contributed by atoms with van der Waals surface area (Å²) in [6.07, 6.45) is 3.49. The van der Waals surface area contributed by atoms with E-state index in [0.29, 0.717) is 12.6 Å². The SMILES string of the molecule is COc1ccccc1CC(C)(CN)NCC1CCCO1. The van der Waals surface area contributed by atoms with E-state index in [0.717, 1.165) is 38.2 Å². The minimum Gasteiger partial charge on any atom is -0.496 e. The molecule has 4 nitrogen and oxygen atoms in total. The van der Waals surface area contributed by atoms with Crippen molar-refractivity contribution < 1.29 is 9.47 Å². The van der Waals surface area contributed by atoms with Gasteiger partial charge in [-0.3, -0.25) is 0 Å². The van der Waals surface area contributed by atoms with Gasteiger partial charge in [-0.05, 0) is 37.8 Å². The molecule has 0 saturated carbocycles. The van der Waals surface area contributed by atoms with Crippen LogP contribution in [0.15, 0.2) is 24.3 Å². The summed E-state index contributed by atoms with van der Waals surface area (Å²) >= 11 is 0. The Morgan fingerprint density at radius 1 is 1.45 bits per heavy atom. The van der Waals surface area contributed by atoms with Crippen LogP contribution in [0.25, 0.3) is 0 Å². The molecule has 0 bridgehead atoms. The third-order valence-corrected chi connectivity index (χ3v) is 4.00. The lowest BCUT2D eigenvalue weighted by Crippen LogP contribution is -2.52. The summed E-state index contributed by atoms with van der Waals surface area (Å²) in [5, 5.41) is 3.58. The topological polar surface area (TPSA) is 56.5 Å². The summed E-state index contributed by atoms with van der Waals surface area (Å²) in [4.78, 5) is 0. The number of benzene rings is 1. The molecule has 0 spiro atoms. The molecule has 2 rings (SSSR count). The lowest BCUT2D eigenvalue weighted by Gasteiger charge is -2.31. The van der Waals surface area contributed by atoms with Gasteiger partial charge in [0.1, 0.15) is 5.75 Å². The number of methoxy groups -OCH3 is 1. The smallest absolute Gasteiger partial charge is 0.122 e. The second-order valence-electron chi connectivity index (χ2n) is 5.77. The van der Waals surface area contributed by atoms with Crippen molar-refractivity contribution in [3.05, 3.63) is 29.8 Å². The van der Waals surface area contributed by atoms with Crippen LogP contribution in [-0.2, 0) is 11.2 Å². The first-order chi connectivity index (χ1) is 9.67. The maximum absolute atomic E-state index is 5.99. The summed E-state index contributed by atoms with van der Waals surface area (Å²) in [6.45, 7) is 4.49. The Bertz CT molecular complexity index is 419. The Kier molecular flexibility index (Phi) is 5.40. The molecule has 0 amide bonds. The standard InChI is InChI=1S/C16H26N2O2/c1-16(12-17,18-11-14-7-5-9-20-14)10-13-6-3-4-8-15(13)19-2/h3-4,6,8,14,18H,5,7,9-12,17H2,1-2H3. The monoisotopic (exact) mass is 278 g/mol. The Morgan fingerprint density at radius 3 is 2.90 bits per heavy atom. The zero-order chi connectivity index (χ0) is 14.4. The van der Waals surface area contributed by atoms with Gasteiger partial charge in [0, 0.05) is 25.2 Å². The number of nitrogens with one attached hydrogen (secondary N) is 1. The normalized spacial score (nSPS) is 21.6. The van der Waals surface area contributed by atoms with Gasteiger partial charge in [-0.15, -0.1) is 0 Å². The molecular weight excluding hydrogens is 252 g/mol. The van der Waals surface area contributed by atoms with Crippen LogP contribution in [0.4, 0.5) is 0 Å². The second kappa shape index (κ2) is 7.07. The molecule has 1 aromatic carbocycles. The average Bonchev–Trinajstić information content (AvgIpc) is 2.99. The van der Waals surface area contributed by atoms with Crippen molar-refractivity contribution in [3.8, 4) is 5.75 Å². The Hall–Kier alpha value is -1.10. The van der Waals surface area contributed by atoms with Crippen molar-refractivity contribution in [2.45, 2.75) is 37.8 Å². The van der Waals surface area contributed by atoms with Gasteiger partial charge < -0.3 is 20.5 Å². The fourth-order valence-electron chi connectivity index (χ4n) is 2.64. The minimum atomic E-state index is -0.138. The first kappa shape index (κ1) is 15.3. The molecular formula is C16H26N2O2. The van der Waals surface area contributed by atoms with E-state index >= 15 is 0 Å². The van der Waals surface area contributed by atoms with E-state index in [1.165, 1.54) is 5.56 Å². The molecule has 1 saturated heterocycles. The van der Waals surface area contributed by atoms with Gasteiger partial charge in [-0.2, -0.15) is 0 Å². The van der Waals surface area contributed by atoms with E-state index in [-0.39, 0.29) is 5.54 Å². The number of hydrogen-bond acceptors (Lipinski definition) is 4. The molecule has 0 radical (unpaired) electrons. The van der Waals surface area contributed by atoms with Crippen LogP contribution in [0.5, 0.6) is 5.75 Å². The predicted molar refractivity (Wildman–Crippen MR) is 81.1 cm³/mol. The van der Waals surface area contributed by atoms with E-state index in [9.17, 15) is 0 Å². The molecule has 0 aromatic heterocycles. The van der Waals surface area contributed by atoms with Gasteiger partial charge >= 0.3 is 0 Å². The third kappa shape index (κ3) is 3.95. The molecule has 3 N–H and O–H groups in total. The maximum Gasteiger partial charge on any atom is 0.122 e. The summed E-state index contributed by atoms with van der Waals surface area (Å²) < 4.78 is 11.1. The molecule has 2 unspecified atom stereocenters. The lowest BCUT2D eigenvalue weighted by molar-refractivity contribution is 0.102. The summed E-state index contributed by atoms with van der Waals surface area (Å²) in [6, 6.07) is 8.11. The van der Waals surface area contributed by atoms with Crippen LogP contribution in [0.1, 0.15) is 25.3 Å². The van der Waals surface area contributed by atoms with E-state index in [1.54, 1.807) is 7.11 Å². The molecule has 4 heteroatoms. The van der Waals surface area contributed by atoms with E-state index in [1.807, 2.05) is 18.2 Å². The Morgan fingerprint density at radius 2 is 2.25 bits per heavy atom. The van der Waals surface area contributed by atoms with E-state index in [2.05, 4.69) is 18.3 Å². The molecule has 1 aliphatic rings. The molecule has 1 aliphatic heterocycles. The van der Waals surface area contributed by atoms with Crippen molar-refractivity contribution in [1.29, 1.82) is 0 Å². The predicted octanol–water partition coefficient (Wildman–Crippen LogP) is 1.72. The van der Waals surface area contributed by atoms with Crippen molar-refractivity contribution in [1.82, 2.24) is 5.32 Å². The molecule has 112 valence electrons. The van der Waals surface area contributed by atoms with Crippen molar-refractivity contribution in [2.24, 2.45) is 5.73 Å². The highest BCUT2D eigenvalue weighted by atomic mass is 16.5. The van der Waals surface area contributed by atoms with E-state index < -0.39 is 0 Å². The first-order valence-corrected chi connectivity index (χ1v) is 7.35. The Balaban J connectivity index is 1.98. The first-order valence-electron chi connectivity index (χ1n) is 7.35. The molecule has 1 aromatic rings. The van der Waals surface area contributed by atoms with Crippen LogP contribution in [0, 0.1) is 0 Å². The van der Waals surface area contributed by atoms with Crippen molar-refractivity contribution >= 4 is 0 Å². The van der Waals surface area contributed by atoms with Gasteiger partial charge in [0.2, 0.25) is 0 Å². The van der Waals surface area contributed by atoms with Crippen molar-refractivity contribution in [2.75, 3.05) is 26.8 Å². The molecule has 1 fully saturated rings. The molecule has 20 heavy (non-hydrogen) atoms. The van der Waals surface area contributed by atoms with Gasteiger partial charge in [0.05, 0.1) is 13.2 Å². The highest BCUT2D eigenvalue weighted by molar-refractivity contribution is 5.34. The van der Waals surface area contributed by atoms with Crippen LogP contribution >= 0.6 is 0 Å². The number of rotatable bonds is 7. The molecule has 0 aliphatic carbocycles. The number of nitrogens with two attached hydrogens (primary N) is 1. The van der Waals surface area contributed by atoms with Gasteiger partial charge in [-0.25, -0.2) is 0 Å². The third-order valence-electron chi connectivity index (χ3n) is 4.00. The largest absolute Gasteiger partial charge is 0.496 e. The highest BCUT2D eigenvalue weighted by Crippen LogP contribution is 2.23. The van der Waals surface area contributed by atoms with Gasteiger partial charge in [0.15, 0.2) is 0 Å². The van der Waals surface area contributed by atoms with Crippen LogP contribution in [0.2, 0.25) is 0 Å². The summed E-state index contributed by atoms with van der Waals surface area (Å²) in [7, 11) is 1.71. The number of para-hydroxylation sites is 1. The fourth-order valence-corrected chi connectivity index (χ4v) is 2.64. The average molecular weight is 278 g/mol.